The number of nitrogens with zero attached hydrogens (tertiary/aromatic N) is 4. The molecule has 50 heavy (non-hydrogen) atoms. The molecule has 0 spiro atoms. The van der Waals surface area contributed by atoms with Crippen LogP contribution in [-0.4, -0.2) is 19.5 Å². The monoisotopic (exact) mass is 638 g/mol. The van der Waals surface area contributed by atoms with Gasteiger partial charge in [0.2, 0.25) is 5.95 Å². The molecule has 8 aromatic carbocycles. The van der Waals surface area contributed by atoms with Gasteiger partial charge in [0.15, 0.2) is 11.6 Å². The summed E-state index contributed by atoms with van der Waals surface area (Å²) < 4.78 is 8.66. The molecule has 0 atom stereocenters. The van der Waals surface area contributed by atoms with Crippen LogP contribution in [0.1, 0.15) is 0 Å². The third kappa shape index (κ3) is 3.92. The Morgan fingerprint density at radius 2 is 0.920 bits per heavy atom. The van der Waals surface area contributed by atoms with Gasteiger partial charge in [-0.15, -0.1) is 0 Å². The average Bonchev–Trinajstić information content (AvgIpc) is 3.74. The van der Waals surface area contributed by atoms with Crippen molar-refractivity contribution in [1.82, 2.24) is 19.5 Å². The third-order valence-electron chi connectivity index (χ3n) is 10.0. The highest BCUT2D eigenvalue weighted by molar-refractivity contribution is 6.28. The first-order chi connectivity index (χ1) is 24.8. The Bertz CT molecular complexity index is 3060. The highest BCUT2D eigenvalue weighted by Gasteiger charge is 2.21. The zero-order valence-corrected chi connectivity index (χ0v) is 26.7. The van der Waals surface area contributed by atoms with E-state index in [1.54, 1.807) is 0 Å². The van der Waals surface area contributed by atoms with Gasteiger partial charge >= 0.3 is 0 Å². The smallest absolute Gasteiger partial charge is 0.238 e. The number of benzene rings is 8. The fraction of sp³-hybridized carbons (Fsp3) is 0. The molecule has 0 bridgehead atoms. The van der Waals surface area contributed by atoms with E-state index in [2.05, 4.69) is 132 Å². The maximum absolute atomic E-state index is 6.46. The molecule has 5 nitrogen and oxygen atoms in total. The summed E-state index contributed by atoms with van der Waals surface area (Å²) in [7, 11) is 0. The molecule has 3 heterocycles. The van der Waals surface area contributed by atoms with Crippen LogP contribution in [0.25, 0.3) is 105 Å². The van der Waals surface area contributed by atoms with E-state index in [1.807, 2.05) is 30.3 Å². The summed E-state index contributed by atoms with van der Waals surface area (Å²) in [6.45, 7) is 0. The number of furan rings is 1. The molecular weight excluding hydrogens is 613 g/mol. The quantitative estimate of drug-likeness (QED) is 0.193. The van der Waals surface area contributed by atoms with Crippen molar-refractivity contribution in [2.45, 2.75) is 0 Å². The Balaban J connectivity index is 1.21. The van der Waals surface area contributed by atoms with Gasteiger partial charge in [-0.1, -0.05) is 127 Å². The van der Waals surface area contributed by atoms with Gasteiger partial charge in [-0.25, -0.2) is 4.98 Å². The molecule has 0 amide bonds. The summed E-state index contributed by atoms with van der Waals surface area (Å²) >= 11 is 0. The molecular formula is C45H26N4O. The van der Waals surface area contributed by atoms with Crippen LogP contribution in [0.2, 0.25) is 0 Å². The van der Waals surface area contributed by atoms with Crippen molar-refractivity contribution >= 4 is 76.1 Å². The van der Waals surface area contributed by atoms with Gasteiger partial charge in [0.1, 0.15) is 11.2 Å². The first kappa shape index (κ1) is 27.1. The molecule has 5 heteroatoms. The Kier molecular flexibility index (Phi) is 5.60. The van der Waals surface area contributed by atoms with Crippen molar-refractivity contribution in [3.63, 3.8) is 0 Å². The summed E-state index contributed by atoms with van der Waals surface area (Å²) in [5.74, 6) is 1.76. The van der Waals surface area contributed by atoms with Gasteiger partial charge < -0.3 is 4.42 Å². The van der Waals surface area contributed by atoms with Crippen molar-refractivity contribution < 1.29 is 4.42 Å². The molecule has 0 fully saturated rings. The molecule has 0 aliphatic rings. The summed E-state index contributed by atoms with van der Waals surface area (Å²) in [4.78, 5) is 15.5. The fourth-order valence-electron chi connectivity index (χ4n) is 7.76. The average molecular weight is 639 g/mol. The van der Waals surface area contributed by atoms with E-state index in [0.717, 1.165) is 44.1 Å². The minimum absolute atomic E-state index is 0.565. The molecule has 0 saturated heterocycles. The lowest BCUT2D eigenvalue weighted by molar-refractivity contribution is 0.669. The van der Waals surface area contributed by atoms with Gasteiger partial charge in [0.05, 0.1) is 11.0 Å². The van der Waals surface area contributed by atoms with E-state index >= 15 is 0 Å². The first-order valence-electron chi connectivity index (χ1n) is 16.8. The van der Waals surface area contributed by atoms with Gasteiger partial charge in [0.25, 0.3) is 0 Å². The molecule has 232 valence electrons. The Hall–Kier alpha value is -6.85. The second kappa shape index (κ2) is 10.3. The third-order valence-corrected chi connectivity index (χ3v) is 10.0. The van der Waals surface area contributed by atoms with Crippen LogP contribution in [0, 0.1) is 0 Å². The fourth-order valence-corrected chi connectivity index (χ4v) is 7.76. The van der Waals surface area contributed by atoms with Crippen LogP contribution in [0.15, 0.2) is 162 Å². The minimum Gasteiger partial charge on any atom is -0.456 e. The van der Waals surface area contributed by atoms with Crippen LogP contribution in [0.3, 0.4) is 0 Å². The molecule has 3 aromatic heterocycles. The predicted molar refractivity (Wildman–Crippen MR) is 205 cm³/mol. The number of fused-ring (bicyclic) bond motifs is 12. The van der Waals surface area contributed by atoms with E-state index < -0.39 is 0 Å². The Labute approximate surface area is 285 Å². The maximum atomic E-state index is 6.46. The predicted octanol–water partition coefficient (Wildman–Crippen LogP) is 11.7. The maximum Gasteiger partial charge on any atom is 0.238 e. The molecule has 0 aliphatic carbocycles. The Morgan fingerprint density at radius 3 is 1.56 bits per heavy atom. The lowest BCUT2D eigenvalue weighted by Gasteiger charge is -2.11. The van der Waals surface area contributed by atoms with Crippen LogP contribution < -0.4 is 0 Å². The van der Waals surface area contributed by atoms with E-state index in [9.17, 15) is 0 Å². The lowest BCUT2D eigenvalue weighted by Crippen LogP contribution is -2.06. The molecule has 0 unspecified atom stereocenters. The van der Waals surface area contributed by atoms with Gasteiger partial charge in [-0.3, -0.25) is 4.57 Å². The summed E-state index contributed by atoms with van der Waals surface area (Å²) in [5.41, 5.74) is 5.54. The number of hydrogen-bond acceptors (Lipinski definition) is 4. The SMILES string of the molecule is c1ccc(-c2nc(-c3ccc4c(c3)oc3ccc5ccccc5c34)nc(-n3c4ccc5ccccc5c4c4c5ccccc5ccc43)n2)cc1. The summed E-state index contributed by atoms with van der Waals surface area (Å²) in [5, 5.41) is 11.7. The van der Waals surface area contributed by atoms with E-state index in [1.165, 1.54) is 43.1 Å². The van der Waals surface area contributed by atoms with Crippen molar-refractivity contribution in [2.75, 3.05) is 0 Å². The van der Waals surface area contributed by atoms with Gasteiger partial charge in [0, 0.05) is 32.7 Å². The van der Waals surface area contributed by atoms with E-state index in [4.69, 9.17) is 19.4 Å². The van der Waals surface area contributed by atoms with Crippen LogP contribution in [0.5, 0.6) is 0 Å². The first-order valence-corrected chi connectivity index (χ1v) is 16.8. The second-order valence-corrected chi connectivity index (χ2v) is 12.8. The highest BCUT2D eigenvalue weighted by Crippen LogP contribution is 2.41. The van der Waals surface area contributed by atoms with Crippen molar-refractivity contribution in [1.29, 1.82) is 0 Å². The normalized spacial score (nSPS) is 12.0. The van der Waals surface area contributed by atoms with Gasteiger partial charge in [-0.2, -0.15) is 9.97 Å². The number of hydrogen-bond donors (Lipinski definition) is 0. The van der Waals surface area contributed by atoms with Crippen molar-refractivity contribution in [2.24, 2.45) is 0 Å². The van der Waals surface area contributed by atoms with Gasteiger partial charge in [-0.05, 0) is 62.6 Å². The number of rotatable bonds is 3. The summed E-state index contributed by atoms with van der Waals surface area (Å²) in [6, 6.07) is 55.0. The molecule has 11 aromatic rings. The van der Waals surface area contributed by atoms with Crippen molar-refractivity contribution in [3.8, 4) is 28.7 Å². The number of aromatic nitrogens is 4. The molecule has 0 radical (unpaired) electrons. The zero-order valence-electron chi connectivity index (χ0n) is 26.7. The largest absolute Gasteiger partial charge is 0.456 e. The van der Waals surface area contributed by atoms with Crippen molar-refractivity contribution in [3.05, 3.63) is 158 Å². The van der Waals surface area contributed by atoms with E-state index in [-0.39, 0.29) is 0 Å². The van der Waals surface area contributed by atoms with E-state index in [0.29, 0.717) is 17.6 Å². The molecule has 11 rings (SSSR count). The lowest BCUT2D eigenvalue weighted by atomic mass is 10.00. The molecule has 0 N–H and O–H groups in total. The highest BCUT2D eigenvalue weighted by atomic mass is 16.3. The molecule has 0 saturated carbocycles. The Morgan fingerprint density at radius 1 is 0.380 bits per heavy atom. The summed E-state index contributed by atoms with van der Waals surface area (Å²) in [6.07, 6.45) is 0. The van der Waals surface area contributed by atoms with Crippen LogP contribution in [0.4, 0.5) is 0 Å². The topological polar surface area (TPSA) is 56.7 Å². The zero-order chi connectivity index (χ0) is 32.8. The van der Waals surface area contributed by atoms with Crippen LogP contribution in [-0.2, 0) is 0 Å². The standard InChI is InChI=1S/C45H26N4O/c1-2-13-30(14-3-1)43-46-44(31-18-22-35-39(26-31)50-38-25-21-29-12-4-7-15-32(29)40(35)38)48-45(47-43)49-36-23-19-27-10-5-8-16-33(27)41(36)42-34-17-9-6-11-28(34)20-24-37(42)49/h1-26H. The minimum atomic E-state index is 0.565. The molecule has 0 aliphatic heterocycles. The van der Waals surface area contributed by atoms with Crippen LogP contribution >= 0.6 is 0 Å². The second-order valence-electron chi connectivity index (χ2n) is 12.8.